The maximum absolute atomic E-state index is 9.43. The van der Waals surface area contributed by atoms with Crippen molar-refractivity contribution in [2.75, 3.05) is 11.9 Å². The van der Waals surface area contributed by atoms with Crippen LogP contribution in [0.4, 0.5) is 5.88 Å². The molecule has 1 aromatic heterocycles. The largest absolute Gasteiger partial charge is 0.424 e. The molecule has 4 nitrogen and oxygen atoms in total. The number of nitrogens with zero attached hydrogens (tertiary/aromatic N) is 2. The van der Waals surface area contributed by atoms with Crippen LogP contribution in [0.3, 0.4) is 0 Å². The second-order valence-electron chi connectivity index (χ2n) is 7.34. The smallest absolute Gasteiger partial charge is 0.232 e. The molecule has 4 heteroatoms. The fourth-order valence-corrected chi connectivity index (χ4v) is 3.72. The van der Waals surface area contributed by atoms with Crippen LogP contribution in [-0.4, -0.2) is 11.5 Å². The number of rotatable bonds is 6. The Labute approximate surface area is 159 Å². The molecule has 0 aliphatic heterocycles. The van der Waals surface area contributed by atoms with Gasteiger partial charge >= 0.3 is 0 Å². The SMILES string of the molecule is Cc1ccccc1[C@H](C)CNc1oc([C@@H]2C[C@@H]2c2ccccc2)nc1C#N. The van der Waals surface area contributed by atoms with E-state index in [1.807, 2.05) is 12.1 Å². The van der Waals surface area contributed by atoms with Gasteiger partial charge in [0, 0.05) is 12.5 Å². The minimum atomic E-state index is 0.267. The van der Waals surface area contributed by atoms with Gasteiger partial charge in [-0.3, -0.25) is 0 Å². The van der Waals surface area contributed by atoms with Crippen molar-refractivity contribution >= 4 is 5.88 Å². The van der Waals surface area contributed by atoms with Gasteiger partial charge in [-0.25, -0.2) is 4.98 Å². The molecule has 1 aliphatic carbocycles. The lowest BCUT2D eigenvalue weighted by molar-refractivity contribution is 0.503. The second kappa shape index (κ2) is 7.28. The molecular weight excluding hydrogens is 334 g/mol. The zero-order chi connectivity index (χ0) is 18.8. The van der Waals surface area contributed by atoms with E-state index in [0.29, 0.717) is 35.8 Å². The first-order chi connectivity index (χ1) is 13.2. The number of aromatic nitrogens is 1. The molecule has 4 rings (SSSR count). The Bertz CT molecular complexity index is 971. The lowest BCUT2D eigenvalue weighted by Gasteiger charge is -2.15. The van der Waals surface area contributed by atoms with Crippen LogP contribution in [-0.2, 0) is 0 Å². The van der Waals surface area contributed by atoms with Gasteiger partial charge in [0.05, 0.1) is 0 Å². The van der Waals surface area contributed by atoms with Crippen molar-refractivity contribution in [3.05, 3.63) is 82.9 Å². The van der Waals surface area contributed by atoms with Gasteiger partial charge in [0.2, 0.25) is 17.5 Å². The highest BCUT2D eigenvalue weighted by molar-refractivity contribution is 5.47. The van der Waals surface area contributed by atoms with Gasteiger partial charge in [-0.15, -0.1) is 0 Å². The van der Waals surface area contributed by atoms with Crippen molar-refractivity contribution in [1.29, 1.82) is 5.26 Å². The zero-order valence-electron chi connectivity index (χ0n) is 15.6. The first-order valence-electron chi connectivity index (χ1n) is 9.42. The van der Waals surface area contributed by atoms with Gasteiger partial charge in [-0.2, -0.15) is 5.26 Å². The summed E-state index contributed by atoms with van der Waals surface area (Å²) in [7, 11) is 0. The molecule has 0 radical (unpaired) electrons. The fraction of sp³-hybridized carbons (Fsp3) is 0.304. The average Bonchev–Trinajstić information content (AvgIpc) is 3.40. The minimum absolute atomic E-state index is 0.267. The van der Waals surface area contributed by atoms with Crippen molar-refractivity contribution < 1.29 is 4.42 Å². The molecule has 136 valence electrons. The van der Waals surface area contributed by atoms with Crippen LogP contribution in [0.5, 0.6) is 0 Å². The summed E-state index contributed by atoms with van der Waals surface area (Å²) < 4.78 is 5.95. The van der Waals surface area contributed by atoms with Gasteiger partial charge < -0.3 is 9.73 Å². The number of hydrogen-bond acceptors (Lipinski definition) is 4. The summed E-state index contributed by atoms with van der Waals surface area (Å²) in [4.78, 5) is 4.44. The van der Waals surface area contributed by atoms with Crippen molar-refractivity contribution in [2.24, 2.45) is 0 Å². The first-order valence-corrected chi connectivity index (χ1v) is 9.42. The van der Waals surface area contributed by atoms with Crippen LogP contribution >= 0.6 is 0 Å². The number of benzene rings is 2. The predicted molar refractivity (Wildman–Crippen MR) is 106 cm³/mol. The summed E-state index contributed by atoms with van der Waals surface area (Å²) in [5.74, 6) is 2.18. The number of hydrogen-bond donors (Lipinski definition) is 1. The van der Waals surface area contributed by atoms with Gasteiger partial charge in [-0.1, -0.05) is 61.5 Å². The lowest BCUT2D eigenvalue weighted by atomic mass is 9.96. The van der Waals surface area contributed by atoms with E-state index in [0.717, 1.165) is 6.42 Å². The molecule has 1 fully saturated rings. The quantitative estimate of drug-likeness (QED) is 0.647. The Morgan fingerprint density at radius 1 is 1.15 bits per heavy atom. The predicted octanol–water partition coefficient (Wildman–Crippen LogP) is 5.34. The molecule has 3 aromatic rings. The molecule has 0 spiro atoms. The summed E-state index contributed by atoms with van der Waals surface area (Å²) >= 11 is 0. The molecule has 0 saturated heterocycles. The molecule has 2 aromatic carbocycles. The van der Waals surface area contributed by atoms with E-state index in [9.17, 15) is 5.26 Å². The van der Waals surface area contributed by atoms with Crippen molar-refractivity contribution in [3.8, 4) is 6.07 Å². The maximum atomic E-state index is 9.43. The van der Waals surface area contributed by atoms with Gasteiger partial charge in [0.1, 0.15) is 6.07 Å². The van der Waals surface area contributed by atoms with Crippen molar-refractivity contribution in [3.63, 3.8) is 0 Å². The molecule has 1 N–H and O–H groups in total. The molecule has 27 heavy (non-hydrogen) atoms. The highest BCUT2D eigenvalue weighted by atomic mass is 16.4. The van der Waals surface area contributed by atoms with Gasteiger partial charge in [0.25, 0.3) is 0 Å². The molecule has 0 amide bonds. The summed E-state index contributed by atoms with van der Waals surface area (Å²) in [6.07, 6.45) is 1.02. The molecule has 3 atom stereocenters. The molecule has 1 saturated carbocycles. The molecule has 0 unspecified atom stereocenters. The molecule has 1 aliphatic rings. The standard InChI is InChI=1S/C23H23N3O/c1-15-8-6-7-11-18(15)16(2)14-25-23-21(13-24)26-22(27-23)20-12-19(20)17-9-4-3-5-10-17/h3-11,16,19-20,25H,12,14H2,1-2H3/t16-,19-,20-/m1/s1. The fourth-order valence-electron chi connectivity index (χ4n) is 3.72. The van der Waals surface area contributed by atoms with Crippen LogP contribution in [0.1, 0.15) is 59.4 Å². The number of nitriles is 1. The highest BCUT2D eigenvalue weighted by Crippen LogP contribution is 2.54. The monoisotopic (exact) mass is 357 g/mol. The Balaban J connectivity index is 1.45. The highest BCUT2D eigenvalue weighted by Gasteiger charge is 2.43. The Hall–Kier alpha value is -3.06. The molecule has 0 bridgehead atoms. The number of anilines is 1. The van der Waals surface area contributed by atoms with Crippen LogP contribution in [0.15, 0.2) is 59.0 Å². The van der Waals surface area contributed by atoms with E-state index in [2.05, 4.69) is 72.7 Å². The Morgan fingerprint density at radius 2 is 1.89 bits per heavy atom. The summed E-state index contributed by atoms with van der Waals surface area (Å²) in [5.41, 5.74) is 4.23. The topological polar surface area (TPSA) is 61.9 Å². The number of oxazole rings is 1. The Morgan fingerprint density at radius 3 is 2.63 bits per heavy atom. The summed E-state index contributed by atoms with van der Waals surface area (Å²) in [5, 5.41) is 12.7. The number of aryl methyl sites for hydroxylation is 1. The zero-order valence-corrected chi connectivity index (χ0v) is 15.6. The van der Waals surface area contributed by atoms with Crippen LogP contribution in [0.25, 0.3) is 0 Å². The second-order valence-corrected chi connectivity index (χ2v) is 7.34. The van der Waals surface area contributed by atoms with Gasteiger partial charge in [-0.05, 0) is 41.9 Å². The van der Waals surface area contributed by atoms with Gasteiger partial charge in [0.15, 0.2) is 0 Å². The van der Waals surface area contributed by atoms with Crippen LogP contribution in [0, 0.1) is 18.3 Å². The summed E-state index contributed by atoms with van der Waals surface area (Å²) in [6.45, 7) is 4.99. The third kappa shape index (κ3) is 3.59. The first kappa shape index (κ1) is 17.4. The molecular formula is C23H23N3O. The number of nitrogens with one attached hydrogen (secondary N) is 1. The lowest BCUT2D eigenvalue weighted by Crippen LogP contribution is -2.11. The van der Waals surface area contributed by atoms with E-state index >= 15 is 0 Å². The van der Waals surface area contributed by atoms with Crippen molar-refractivity contribution in [2.45, 2.75) is 38.0 Å². The van der Waals surface area contributed by atoms with Crippen molar-refractivity contribution in [1.82, 2.24) is 4.98 Å². The third-order valence-corrected chi connectivity index (χ3v) is 5.37. The van der Waals surface area contributed by atoms with E-state index in [4.69, 9.17) is 4.42 Å². The van der Waals surface area contributed by atoms with E-state index in [1.54, 1.807) is 0 Å². The summed E-state index contributed by atoms with van der Waals surface area (Å²) in [6, 6.07) is 21.0. The van der Waals surface area contributed by atoms with E-state index in [1.165, 1.54) is 16.7 Å². The third-order valence-electron chi connectivity index (χ3n) is 5.37. The average molecular weight is 357 g/mol. The Kier molecular flexibility index (Phi) is 4.68. The maximum Gasteiger partial charge on any atom is 0.232 e. The molecule has 1 heterocycles. The van der Waals surface area contributed by atoms with E-state index in [-0.39, 0.29) is 5.92 Å². The normalized spacial score (nSPS) is 19.3. The minimum Gasteiger partial charge on any atom is -0.424 e. The van der Waals surface area contributed by atoms with Crippen LogP contribution in [0.2, 0.25) is 0 Å². The van der Waals surface area contributed by atoms with Crippen LogP contribution < -0.4 is 5.32 Å². The van der Waals surface area contributed by atoms with E-state index < -0.39 is 0 Å².